The molecule has 3 amide bonds. The molecule has 33 heavy (non-hydrogen) atoms. The molecule has 0 radical (unpaired) electrons. The fraction of sp³-hybridized carbons (Fsp3) is 0.500. The molecule has 9 heteroatoms. The molecule has 5 heterocycles. The van der Waals surface area contributed by atoms with E-state index in [1.165, 1.54) is 11.3 Å². The average molecular weight is 449 g/mol. The number of aromatic nitrogens is 2. The molecule has 0 bridgehead atoms. The van der Waals surface area contributed by atoms with Crippen molar-refractivity contribution in [1.82, 2.24) is 30.2 Å². The number of carbonyl (C=O) groups excluding carboxylic acids is 3. The van der Waals surface area contributed by atoms with Gasteiger partial charge in [-0.15, -0.1) is 0 Å². The van der Waals surface area contributed by atoms with Gasteiger partial charge in [-0.3, -0.25) is 29.3 Å². The highest BCUT2D eigenvalue weighted by Gasteiger charge is 2.40. The number of piperidine rings is 2. The maximum atomic E-state index is 13.3. The standard InChI is InChI=1S/C24H28N6O3/c31-21-5-4-19(23(32)27-21)29-14-16-3-1-2-15(22(16)24(29)33)13-28-8-6-18(7-9-28)30-20-12-25-10-17(20)11-26-30/h1-3,11,18-19,25H,4-10,12-14H2,(H,27,31,32). The van der Waals surface area contributed by atoms with Crippen molar-refractivity contribution in [3.05, 3.63) is 52.3 Å². The predicted octanol–water partition coefficient (Wildman–Crippen LogP) is 1.08. The molecule has 0 aliphatic carbocycles. The monoisotopic (exact) mass is 448 g/mol. The summed E-state index contributed by atoms with van der Waals surface area (Å²) in [6, 6.07) is 5.86. The highest BCUT2D eigenvalue weighted by atomic mass is 16.2. The van der Waals surface area contributed by atoms with Crippen LogP contribution in [0, 0.1) is 0 Å². The van der Waals surface area contributed by atoms with Crippen LogP contribution in [0.1, 0.15) is 64.5 Å². The first kappa shape index (κ1) is 20.6. The number of imide groups is 1. The van der Waals surface area contributed by atoms with Crippen LogP contribution in [0.2, 0.25) is 0 Å². The molecule has 2 fully saturated rings. The Balaban J connectivity index is 1.14. The molecule has 1 atom stereocenters. The van der Waals surface area contributed by atoms with Crippen LogP contribution in [0.4, 0.5) is 0 Å². The molecule has 4 aliphatic rings. The van der Waals surface area contributed by atoms with Crippen LogP contribution in [0.5, 0.6) is 0 Å². The predicted molar refractivity (Wildman–Crippen MR) is 119 cm³/mol. The van der Waals surface area contributed by atoms with Gasteiger partial charge in [0.1, 0.15) is 6.04 Å². The number of hydrogen-bond acceptors (Lipinski definition) is 6. The van der Waals surface area contributed by atoms with Gasteiger partial charge in [0.05, 0.1) is 17.9 Å². The fourth-order valence-corrected chi connectivity index (χ4v) is 5.78. The smallest absolute Gasteiger partial charge is 0.255 e. The van der Waals surface area contributed by atoms with Crippen molar-refractivity contribution in [2.24, 2.45) is 0 Å². The normalized spacial score (nSPS) is 23.7. The Bertz CT molecular complexity index is 1130. The largest absolute Gasteiger partial charge is 0.322 e. The Morgan fingerprint density at radius 1 is 1.03 bits per heavy atom. The van der Waals surface area contributed by atoms with Gasteiger partial charge in [-0.05, 0) is 30.4 Å². The third-order valence-electron chi connectivity index (χ3n) is 7.53. The zero-order valence-corrected chi connectivity index (χ0v) is 18.5. The zero-order valence-electron chi connectivity index (χ0n) is 18.5. The quantitative estimate of drug-likeness (QED) is 0.680. The van der Waals surface area contributed by atoms with Gasteiger partial charge in [0.25, 0.3) is 5.91 Å². The van der Waals surface area contributed by atoms with Crippen LogP contribution < -0.4 is 10.6 Å². The molecular formula is C24H28N6O3. The number of likely N-dealkylation sites (tertiary alicyclic amines) is 1. The van der Waals surface area contributed by atoms with E-state index in [-0.39, 0.29) is 24.1 Å². The highest BCUT2D eigenvalue weighted by molar-refractivity contribution is 6.06. The van der Waals surface area contributed by atoms with E-state index in [9.17, 15) is 14.4 Å². The van der Waals surface area contributed by atoms with Gasteiger partial charge < -0.3 is 10.2 Å². The van der Waals surface area contributed by atoms with E-state index >= 15 is 0 Å². The maximum Gasteiger partial charge on any atom is 0.255 e. The number of benzene rings is 1. The SMILES string of the molecule is O=C1CCC(N2Cc3cccc(CN4CCC(n5ncc6c5CNC6)CC4)c3C2=O)C(=O)N1. The summed E-state index contributed by atoms with van der Waals surface area (Å²) in [6.07, 6.45) is 4.74. The van der Waals surface area contributed by atoms with Gasteiger partial charge in [0, 0.05) is 56.8 Å². The number of amides is 3. The summed E-state index contributed by atoms with van der Waals surface area (Å²) in [4.78, 5) is 41.2. The number of nitrogens with zero attached hydrogens (tertiary/aromatic N) is 4. The van der Waals surface area contributed by atoms with E-state index in [2.05, 4.69) is 25.3 Å². The Hall–Kier alpha value is -3.04. The topological polar surface area (TPSA) is 99.6 Å². The maximum absolute atomic E-state index is 13.3. The summed E-state index contributed by atoms with van der Waals surface area (Å²) in [5.74, 6) is -0.721. The zero-order chi connectivity index (χ0) is 22.5. The molecule has 6 rings (SSSR count). The molecule has 0 spiro atoms. The first-order chi connectivity index (χ1) is 16.1. The fourth-order valence-electron chi connectivity index (χ4n) is 5.78. The first-order valence-electron chi connectivity index (χ1n) is 11.8. The molecule has 2 saturated heterocycles. The van der Waals surface area contributed by atoms with Crippen molar-refractivity contribution >= 4 is 17.7 Å². The second-order valence-electron chi connectivity index (χ2n) is 9.52. The van der Waals surface area contributed by atoms with Gasteiger partial charge in [0.2, 0.25) is 11.8 Å². The summed E-state index contributed by atoms with van der Waals surface area (Å²) in [5.41, 5.74) is 5.37. The minimum absolute atomic E-state index is 0.0930. The third kappa shape index (κ3) is 3.55. The van der Waals surface area contributed by atoms with Crippen LogP contribution in [0.3, 0.4) is 0 Å². The second-order valence-corrected chi connectivity index (χ2v) is 9.52. The lowest BCUT2D eigenvalue weighted by Gasteiger charge is -2.33. The minimum atomic E-state index is -0.573. The van der Waals surface area contributed by atoms with Gasteiger partial charge in [-0.2, -0.15) is 5.10 Å². The van der Waals surface area contributed by atoms with Crippen LogP contribution in [-0.2, 0) is 35.8 Å². The van der Waals surface area contributed by atoms with Crippen molar-refractivity contribution < 1.29 is 14.4 Å². The summed E-state index contributed by atoms with van der Waals surface area (Å²) in [5, 5.41) is 10.4. The van der Waals surface area contributed by atoms with Crippen LogP contribution in [-0.4, -0.2) is 56.4 Å². The molecule has 4 aliphatic heterocycles. The van der Waals surface area contributed by atoms with E-state index < -0.39 is 6.04 Å². The second kappa shape index (κ2) is 8.07. The van der Waals surface area contributed by atoms with Crippen LogP contribution >= 0.6 is 0 Å². The Morgan fingerprint density at radius 3 is 2.70 bits per heavy atom. The summed E-state index contributed by atoms with van der Waals surface area (Å²) < 4.78 is 2.22. The van der Waals surface area contributed by atoms with Gasteiger partial charge in [0.15, 0.2) is 0 Å². The molecule has 1 aromatic heterocycles. The van der Waals surface area contributed by atoms with E-state index in [1.807, 2.05) is 24.4 Å². The summed E-state index contributed by atoms with van der Waals surface area (Å²) in [7, 11) is 0. The van der Waals surface area contributed by atoms with Crippen molar-refractivity contribution in [2.75, 3.05) is 13.1 Å². The van der Waals surface area contributed by atoms with E-state index in [0.29, 0.717) is 19.0 Å². The Kier molecular flexibility index (Phi) is 5.03. The summed E-state index contributed by atoms with van der Waals surface area (Å²) in [6.45, 7) is 4.88. The molecule has 1 aromatic carbocycles. The minimum Gasteiger partial charge on any atom is -0.322 e. The number of rotatable bonds is 4. The molecule has 9 nitrogen and oxygen atoms in total. The lowest BCUT2D eigenvalue weighted by atomic mass is 10.00. The Labute approximate surface area is 192 Å². The molecular weight excluding hydrogens is 420 g/mol. The van der Waals surface area contributed by atoms with Crippen molar-refractivity contribution in [3.63, 3.8) is 0 Å². The third-order valence-corrected chi connectivity index (χ3v) is 7.53. The average Bonchev–Trinajstić information content (AvgIpc) is 3.50. The van der Waals surface area contributed by atoms with Crippen LogP contribution in [0.25, 0.3) is 0 Å². The van der Waals surface area contributed by atoms with E-state index in [4.69, 9.17) is 0 Å². The van der Waals surface area contributed by atoms with Crippen molar-refractivity contribution in [2.45, 2.75) is 63.9 Å². The number of hydrogen-bond donors (Lipinski definition) is 2. The molecule has 0 saturated carbocycles. The van der Waals surface area contributed by atoms with E-state index in [0.717, 1.165) is 62.3 Å². The van der Waals surface area contributed by atoms with Crippen LogP contribution in [0.15, 0.2) is 24.4 Å². The Morgan fingerprint density at radius 2 is 1.88 bits per heavy atom. The van der Waals surface area contributed by atoms with Crippen molar-refractivity contribution in [1.29, 1.82) is 0 Å². The van der Waals surface area contributed by atoms with Crippen molar-refractivity contribution in [3.8, 4) is 0 Å². The van der Waals surface area contributed by atoms with Gasteiger partial charge >= 0.3 is 0 Å². The lowest BCUT2D eigenvalue weighted by molar-refractivity contribution is -0.136. The highest BCUT2D eigenvalue weighted by Crippen LogP contribution is 2.32. The summed E-state index contributed by atoms with van der Waals surface area (Å²) >= 11 is 0. The molecule has 2 aromatic rings. The first-order valence-corrected chi connectivity index (χ1v) is 11.8. The lowest BCUT2D eigenvalue weighted by Crippen LogP contribution is -2.52. The van der Waals surface area contributed by atoms with Gasteiger partial charge in [-0.25, -0.2) is 0 Å². The number of fused-ring (bicyclic) bond motifs is 2. The molecule has 1 unspecified atom stereocenters. The molecule has 2 N–H and O–H groups in total. The number of carbonyl (C=O) groups is 3. The van der Waals surface area contributed by atoms with Gasteiger partial charge in [-0.1, -0.05) is 18.2 Å². The van der Waals surface area contributed by atoms with E-state index in [1.54, 1.807) is 4.90 Å². The molecule has 172 valence electrons. The number of nitrogens with one attached hydrogen (secondary N) is 2.